The minimum atomic E-state index is -4.00. The number of benzene rings is 2. The zero-order valence-corrected chi connectivity index (χ0v) is 14.6. The number of fused-ring (bicyclic) bond motifs is 1. The molecule has 1 aliphatic heterocycles. The van der Waals surface area contributed by atoms with E-state index in [1.165, 1.54) is 6.92 Å². The Morgan fingerprint density at radius 2 is 1.88 bits per heavy atom. The molecule has 140 valence electrons. The number of hydrogen-bond donors (Lipinski definition) is 2. The molecule has 1 heterocycles. The van der Waals surface area contributed by atoms with Crippen LogP contribution in [-0.2, 0) is 21.4 Å². The van der Waals surface area contributed by atoms with Gasteiger partial charge < -0.3 is 14.6 Å². The Balaban J connectivity index is 1.71. The van der Waals surface area contributed by atoms with Crippen molar-refractivity contribution in [2.24, 2.45) is 0 Å². The Labute approximate surface area is 149 Å². The van der Waals surface area contributed by atoms with Crippen molar-refractivity contribution in [1.29, 1.82) is 0 Å². The largest absolute Gasteiger partial charge is 0.454 e. The summed E-state index contributed by atoms with van der Waals surface area (Å²) in [7, 11) is -4.00. The zero-order chi connectivity index (χ0) is 18.9. The smallest absolute Gasteiger partial charge is 0.231 e. The monoisotopic (exact) mass is 385 g/mol. The number of hydrogen-bond acceptors (Lipinski definition) is 5. The highest BCUT2D eigenvalue weighted by Crippen LogP contribution is 2.35. The first-order valence-electron chi connectivity index (χ1n) is 7.70. The molecule has 3 rings (SSSR count). The molecule has 6 nitrogen and oxygen atoms in total. The van der Waals surface area contributed by atoms with Gasteiger partial charge in [0.05, 0.1) is 5.75 Å². The van der Waals surface area contributed by atoms with Gasteiger partial charge in [0.2, 0.25) is 16.8 Å². The SMILES string of the molecule is C[C@@](O)(CNS(=O)(=O)Cc1cc(F)ccc1F)c1ccc2c(c1)OCO2. The quantitative estimate of drug-likeness (QED) is 0.795. The molecule has 0 saturated heterocycles. The van der Waals surface area contributed by atoms with Crippen molar-refractivity contribution in [2.75, 3.05) is 13.3 Å². The molecule has 0 aromatic heterocycles. The number of halogens is 2. The van der Waals surface area contributed by atoms with E-state index in [0.717, 1.165) is 18.2 Å². The van der Waals surface area contributed by atoms with Crippen molar-refractivity contribution in [1.82, 2.24) is 4.72 Å². The predicted molar refractivity (Wildman–Crippen MR) is 89.1 cm³/mol. The number of ether oxygens (including phenoxy) is 2. The molecular formula is C17H17F2NO5S. The Kier molecular flexibility index (Phi) is 4.87. The highest BCUT2D eigenvalue weighted by atomic mass is 32.2. The topological polar surface area (TPSA) is 84.9 Å². The lowest BCUT2D eigenvalue weighted by Crippen LogP contribution is -2.39. The van der Waals surface area contributed by atoms with Crippen molar-refractivity contribution in [3.05, 3.63) is 59.2 Å². The van der Waals surface area contributed by atoms with Crippen LogP contribution in [0.25, 0.3) is 0 Å². The maximum atomic E-state index is 13.6. The first-order valence-corrected chi connectivity index (χ1v) is 9.35. The second-order valence-electron chi connectivity index (χ2n) is 6.16. The van der Waals surface area contributed by atoms with Gasteiger partial charge >= 0.3 is 0 Å². The predicted octanol–water partition coefficient (Wildman–Crippen LogP) is 2.02. The van der Waals surface area contributed by atoms with Crippen LogP contribution in [0.4, 0.5) is 8.78 Å². The maximum Gasteiger partial charge on any atom is 0.231 e. The number of sulfonamides is 1. The highest BCUT2D eigenvalue weighted by Gasteiger charge is 2.28. The fourth-order valence-electron chi connectivity index (χ4n) is 2.49. The molecule has 2 N–H and O–H groups in total. The van der Waals surface area contributed by atoms with E-state index in [2.05, 4.69) is 4.72 Å². The fraction of sp³-hybridized carbons (Fsp3) is 0.294. The summed E-state index contributed by atoms with van der Waals surface area (Å²) in [6, 6.07) is 7.36. The first kappa shape index (κ1) is 18.6. The van der Waals surface area contributed by atoms with E-state index in [1.807, 2.05) is 0 Å². The van der Waals surface area contributed by atoms with E-state index in [4.69, 9.17) is 9.47 Å². The van der Waals surface area contributed by atoms with Crippen LogP contribution in [0.15, 0.2) is 36.4 Å². The average Bonchev–Trinajstić information content (AvgIpc) is 3.04. The molecule has 26 heavy (non-hydrogen) atoms. The molecule has 0 spiro atoms. The molecule has 0 fully saturated rings. The van der Waals surface area contributed by atoms with E-state index < -0.39 is 33.0 Å². The molecule has 0 radical (unpaired) electrons. The minimum Gasteiger partial charge on any atom is -0.454 e. The second-order valence-corrected chi connectivity index (χ2v) is 7.96. The van der Waals surface area contributed by atoms with Crippen molar-refractivity contribution in [3.8, 4) is 11.5 Å². The third-order valence-electron chi connectivity index (χ3n) is 3.98. The lowest BCUT2D eigenvalue weighted by molar-refractivity contribution is 0.0625. The van der Waals surface area contributed by atoms with Gasteiger partial charge in [0.15, 0.2) is 11.5 Å². The second kappa shape index (κ2) is 6.82. The molecule has 0 bridgehead atoms. The summed E-state index contributed by atoms with van der Waals surface area (Å²) in [6.45, 7) is 1.15. The normalized spacial score (nSPS) is 15.7. The van der Waals surface area contributed by atoms with E-state index in [0.29, 0.717) is 17.1 Å². The van der Waals surface area contributed by atoms with Gasteiger partial charge in [0.25, 0.3) is 0 Å². The first-order chi connectivity index (χ1) is 12.2. The van der Waals surface area contributed by atoms with Crippen LogP contribution >= 0.6 is 0 Å². The lowest BCUT2D eigenvalue weighted by atomic mass is 9.96. The number of aliphatic hydroxyl groups is 1. The summed E-state index contributed by atoms with van der Waals surface area (Å²) in [6.07, 6.45) is 0. The molecule has 0 amide bonds. The molecule has 0 unspecified atom stereocenters. The average molecular weight is 385 g/mol. The molecule has 9 heteroatoms. The Hall–Kier alpha value is -2.23. The summed E-state index contributed by atoms with van der Waals surface area (Å²) in [5.74, 6) is -1.31. The van der Waals surface area contributed by atoms with Gasteiger partial charge in [-0.05, 0) is 42.8 Å². The van der Waals surface area contributed by atoms with Gasteiger partial charge in [-0.15, -0.1) is 0 Å². The van der Waals surface area contributed by atoms with Gasteiger partial charge in [-0.25, -0.2) is 21.9 Å². The highest BCUT2D eigenvalue weighted by molar-refractivity contribution is 7.88. The molecule has 1 aliphatic rings. The van der Waals surface area contributed by atoms with Gasteiger partial charge in [0, 0.05) is 12.1 Å². The fourth-order valence-corrected chi connectivity index (χ4v) is 3.73. The summed E-state index contributed by atoms with van der Waals surface area (Å²) in [5, 5.41) is 10.6. The summed E-state index contributed by atoms with van der Waals surface area (Å²) < 4.78 is 63.8. The standard InChI is InChI=1S/C17H17F2NO5S/c1-17(21,12-2-5-15-16(7-12)25-10-24-15)9-20-26(22,23)8-11-6-13(18)3-4-14(11)19/h2-7,20-21H,8-10H2,1H3/t17-/m1/s1. The van der Waals surface area contributed by atoms with Crippen LogP contribution in [-0.4, -0.2) is 26.9 Å². The van der Waals surface area contributed by atoms with Crippen molar-refractivity contribution in [2.45, 2.75) is 18.3 Å². The third-order valence-corrected chi connectivity index (χ3v) is 5.26. The lowest BCUT2D eigenvalue weighted by Gasteiger charge is -2.24. The molecule has 2 aromatic rings. The van der Waals surface area contributed by atoms with E-state index in [9.17, 15) is 22.3 Å². The maximum absolute atomic E-state index is 13.6. The Bertz CT molecular complexity index is 931. The van der Waals surface area contributed by atoms with E-state index in [-0.39, 0.29) is 18.9 Å². The van der Waals surface area contributed by atoms with Crippen molar-refractivity contribution in [3.63, 3.8) is 0 Å². The van der Waals surface area contributed by atoms with Gasteiger partial charge in [-0.2, -0.15) is 0 Å². The molecule has 0 saturated carbocycles. The Morgan fingerprint density at radius 1 is 1.15 bits per heavy atom. The summed E-state index contributed by atoms with van der Waals surface area (Å²) in [4.78, 5) is 0. The van der Waals surface area contributed by atoms with E-state index >= 15 is 0 Å². The van der Waals surface area contributed by atoms with Crippen LogP contribution in [0.5, 0.6) is 11.5 Å². The van der Waals surface area contributed by atoms with Crippen LogP contribution < -0.4 is 14.2 Å². The minimum absolute atomic E-state index is 0.0761. The summed E-state index contributed by atoms with van der Waals surface area (Å²) >= 11 is 0. The Morgan fingerprint density at radius 3 is 2.65 bits per heavy atom. The molecule has 1 atom stereocenters. The van der Waals surface area contributed by atoms with Crippen LogP contribution in [0.1, 0.15) is 18.1 Å². The zero-order valence-electron chi connectivity index (χ0n) is 13.8. The number of rotatable bonds is 6. The van der Waals surface area contributed by atoms with Crippen molar-refractivity contribution >= 4 is 10.0 Å². The van der Waals surface area contributed by atoms with Crippen molar-refractivity contribution < 1.29 is 31.8 Å². The molecule has 0 aliphatic carbocycles. The van der Waals surface area contributed by atoms with Crippen LogP contribution in [0, 0.1) is 11.6 Å². The molecular weight excluding hydrogens is 368 g/mol. The molecule has 2 aromatic carbocycles. The third kappa shape index (κ3) is 4.12. The van der Waals surface area contributed by atoms with Crippen LogP contribution in [0.2, 0.25) is 0 Å². The number of nitrogens with one attached hydrogen (secondary N) is 1. The van der Waals surface area contributed by atoms with Gasteiger partial charge in [-0.1, -0.05) is 6.07 Å². The van der Waals surface area contributed by atoms with Gasteiger partial charge in [0.1, 0.15) is 17.2 Å². The van der Waals surface area contributed by atoms with Crippen LogP contribution in [0.3, 0.4) is 0 Å². The van der Waals surface area contributed by atoms with E-state index in [1.54, 1.807) is 18.2 Å². The summed E-state index contributed by atoms with van der Waals surface area (Å²) in [5.41, 5.74) is -1.42. The van der Waals surface area contributed by atoms with Gasteiger partial charge in [-0.3, -0.25) is 0 Å².